The molecule has 0 bridgehead atoms. The molecule has 0 saturated heterocycles. The Labute approximate surface area is 110 Å². The lowest BCUT2D eigenvalue weighted by atomic mass is 10.3. The normalized spacial score (nSPS) is 11.4. The monoisotopic (exact) mass is 281 g/mol. The summed E-state index contributed by atoms with van der Waals surface area (Å²) in [5.41, 5.74) is 5.95. The number of rotatable bonds is 4. The molecular weight excluding hydrogens is 269 g/mol. The van der Waals surface area contributed by atoms with Gasteiger partial charge in [0.05, 0.1) is 17.9 Å². The van der Waals surface area contributed by atoms with Gasteiger partial charge in [0.1, 0.15) is 10.7 Å². The van der Waals surface area contributed by atoms with Crippen LogP contribution in [0.2, 0.25) is 0 Å². The van der Waals surface area contributed by atoms with Crippen LogP contribution in [0.5, 0.6) is 0 Å². The SMILES string of the molecule is Nc1cc(F)ccc1S(=O)(=O)NCc1ccccn1. The molecule has 100 valence electrons. The molecule has 5 nitrogen and oxygen atoms in total. The Morgan fingerprint density at radius 2 is 2.05 bits per heavy atom. The first-order valence-electron chi connectivity index (χ1n) is 5.43. The van der Waals surface area contributed by atoms with E-state index in [9.17, 15) is 12.8 Å². The minimum atomic E-state index is -3.79. The lowest BCUT2D eigenvalue weighted by Crippen LogP contribution is -2.24. The van der Waals surface area contributed by atoms with E-state index in [2.05, 4.69) is 9.71 Å². The summed E-state index contributed by atoms with van der Waals surface area (Å²) < 4.78 is 39.2. The van der Waals surface area contributed by atoms with Gasteiger partial charge in [-0.3, -0.25) is 4.98 Å². The number of sulfonamides is 1. The van der Waals surface area contributed by atoms with E-state index in [0.717, 1.165) is 18.2 Å². The minimum Gasteiger partial charge on any atom is -0.398 e. The van der Waals surface area contributed by atoms with Crippen molar-refractivity contribution in [1.82, 2.24) is 9.71 Å². The number of nitrogens with zero attached hydrogens (tertiary/aromatic N) is 1. The molecule has 0 fully saturated rings. The standard InChI is InChI=1S/C12H12FN3O2S/c13-9-4-5-12(11(14)7-9)19(17,18)16-8-10-3-1-2-6-15-10/h1-7,16H,8,14H2. The summed E-state index contributed by atoms with van der Waals surface area (Å²) in [6.07, 6.45) is 1.57. The van der Waals surface area contributed by atoms with Crippen molar-refractivity contribution >= 4 is 15.7 Å². The number of halogens is 1. The van der Waals surface area contributed by atoms with Crippen molar-refractivity contribution in [2.24, 2.45) is 0 Å². The van der Waals surface area contributed by atoms with Crippen LogP contribution in [0.15, 0.2) is 47.5 Å². The van der Waals surface area contributed by atoms with Gasteiger partial charge in [-0.25, -0.2) is 17.5 Å². The van der Waals surface area contributed by atoms with Crippen LogP contribution < -0.4 is 10.5 Å². The first-order valence-corrected chi connectivity index (χ1v) is 6.92. The van der Waals surface area contributed by atoms with E-state index in [1.807, 2.05) is 0 Å². The molecule has 7 heteroatoms. The number of nitrogen functional groups attached to an aromatic ring is 1. The quantitative estimate of drug-likeness (QED) is 0.827. The third kappa shape index (κ3) is 3.27. The largest absolute Gasteiger partial charge is 0.398 e. The Bertz CT molecular complexity index is 675. The zero-order valence-corrected chi connectivity index (χ0v) is 10.7. The molecule has 0 atom stereocenters. The fraction of sp³-hybridized carbons (Fsp3) is 0.0833. The average Bonchev–Trinajstić information content (AvgIpc) is 2.37. The highest BCUT2D eigenvalue weighted by Gasteiger charge is 2.17. The van der Waals surface area contributed by atoms with E-state index >= 15 is 0 Å². The highest BCUT2D eigenvalue weighted by molar-refractivity contribution is 7.89. The summed E-state index contributed by atoms with van der Waals surface area (Å²) in [5, 5.41) is 0. The Morgan fingerprint density at radius 3 is 2.68 bits per heavy atom. The van der Waals surface area contributed by atoms with Crippen LogP contribution in [0, 0.1) is 5.82 Å². The van der Waals surface area contributed by atoms with E-state index in [-0.39, 0.29) is 17.1 Å². The maximum absolute atomic E-state index is 12.9. The lowest BCUT2D eigenvalue weighted by Gasteiger charge is -2.08. The van der Waals surface area contributed by atoms with E-state index in [1.54, 1.807) is 24.4 Å². The first-order chi connectivity index (χ1) is 8.99. The van der Waals surface area contributed by atoms with E-state index < -0.39 is 15.8 Å². The number of hydrogen-bond acceptors (Lipinski definition) is 4. The van der Waals surface area contributed by atoms with Gasteiger partial charge in [-0.2, -0.15) is 0 Å². The molecule has 1 heterocycles. The molecule has 0 saturated carbocycles. The third-order valence-corrected chi connectivity index (χ3v) is 3.91. The molecule has 0 aliphatic carbocycles. The molecule has 3 N–H and O–H groups in total. The summed E-state index contributed by atoms with van der Waals surface area (Å²) in [7, 11) is -3.79. The van der Waals surface area contributed by atoms with Crippen LogP contribution in [0.25, 0.3) is 0 Å². The van der Waals surface area contributed by atoms with E-state index in [4.69, 9.17) is 5.73 Å². The second-order valence-electron chi connectivity index (χ2n) is 3.83. The highest BCUT2D eigenvalue weighted by Crippen LogP contribution is 2.19. The van der Waals surface area contributed by atoms with E-state index in [1.165, 1.54) is 0 Å². The van der Waals surface area contributed by atoms with Gasteiger partial charge in [-0.05, 0) is 30.3 Å². The van der Waals surface area contributed by atoms with Gasteiger partial charge in [0.15, 0.2) is 0 Å². The Balaban J connectivity index is 2.19. The minimum absolute atomic E-state index is 0.0417. The number of hydrogen-bond donors (Lipinski definition) is 2. The molecule has 0 amide bonds. The van der Waals surface area contributed by atoms with Crippen molar-refractivity contribution in [3.05, 3.63) is 54.1 Å². The van der Waals surface area contributed by atoms with Crippen molar-refractivity contribution in [2.45, 2.75) is 11.4 Å². The predicted molar refractivity (Wildman–Crippen MR) is 69.1 cm³/mol. The van der Waals surface area contributed by atoms with Crippen LogP contribution in [-0.4, -0.2) is 13.4 Å². The van der Waals surface area contributed by atoms with Crippen molar-refractivity contribution in [1.29, 1.82) is 0 Å². The summed E-state index contributed by atoms with van der Waals surface area (Å²) in [6, 6.07) is 8.32. The molecular formula is C12H12FN3O2S. The topological polar surface area (TPSA) is 85.1 Å². The molecule has 2 aromatic rings. The van der Waals surface area contributed by atoms with Gasteiger partial charge in [0.2, 0.25) is 10.0 Å². The van der Waals surface area contributed by atoms with Gasteiger partial charge in [-0.15, -0.1) is 0 Å². The number of pyridine rings is 1. The van der Waals surface area contributed by atoms with Gasteiger partial charge in [0, 0.05) is 6.20 Å². The number of nitrogens with two attached hydrogens (primary N) is 1. The summed E-state index contributed by atoms with van der Waals surface area (Å²) in [5.74, 6) is -0.582. The maximum atomic E-state index is 12.9. The molecule has 1 aromatic carbocycles. The molecule has 0 radical (unpaired) electrons. The first kappa shape index (κ1) is 13.4. The van der Waals surface area contributed by atoms with Crippen molar-refractivity contribution in [3.63, 3.8) is 0 Å². The van der Waals surface area contributed by atoms with Crippen LogP contribution in [-0.2, 0) is 16.6 Å². The third-order valence-electron chi connectivity index (χ3n) is 2.43. The molecule has 0 aliphatic heterocycles. The summed E-state index contributed by atoms with van der Waals surface area (Å²) in [6.45, 7) is 0.0417. The van der Waals surface area contributed by atoms with Gasteiger partial charge in [-0.1, -0.05) is 6.07 Å². The highest BCUT2D eigenvalue weighted by atomic mass is 32.2. The Hall–Kier alpha value is -1.99. The number of benzene rings is 1. The van der Waals surface area contributed by atoms with Crippen LogP contribution in [0.4, 0.5) is 10.1 Å². The molecule has 2 rings (SSSR count). The van der Waals surface area contributed by atoms with Crippen LogP contribution in [0.1, 0.15) is 5.69 Å². The van der Waals surface area contributed by atoms with Crippen molar-refractivity contribution < 1.29 is 12.8 Å². The maximum Gasteiger partial charge on any atom is 0.242 e. The second kappa shape index (κ2) is 5.33. The molecule has 0 spiro atoms. The zero-order valence-electron chi connectivity index (χ0n) is 9.88. The molecule has 19 heavy (non-hydrogen) atoms. The number of nitrogens with one attached hydrogen (secondary N) is 1. The second-order valence-corrected chi connectivity index (χ2v) is 5.56. The smallest absolute Gasteiger partial charge is 0.242 e. The van der Waals surface area contributed by atoms with Crippen molar-refractivity contribution in [2.75, 3.05) is 5.73 Å². The molecule has 0 aliphatic rings. The fourth-order valence-corrected chi connectivity index (χ4v) is 2.62. The Morgan fingerprint density at radius 1 is 1.26 bits per heavy atom. The van der Waals surface area contributed by atoms with Gasteiger partial charge < -0.3 is 5.73 Å². The number of aromatic nitrogens is 1. The summed E-state index contributed by atoms with van der Waals surface area (Å²) in [4.78, 5) is 3.85. The zero-order chi connectivity index (χ0) is 13.9. The average molecular weight is 281 g/mol. The van der Waals surface area contributed by atoms with Crippen molar-refractivity contribution in [3.8, 4) is 0 Å². The molecule has 0 unspecified atom stereocenters. The van der Waals surface area contributed by atoms with Gasteiger partial charge in [0.25, 0.3) is 0 Å². The number of anilines is 1. The summed E-state index contributed by atoms with van der Waals surface area (Å²) >= 11 is 0. The predicted octanol–water partition coefficient (Wildman–Crippen LogP) is 1.28. The van der Waals surface area contributed by atoms with Crippen LogP contribution >= 0.6 is 0 Å². The van der Waals surface area contributed by atoms with Crippen LogP contribution in [0.3, 0.4) is 0 Å². The lowest BCUT2D eigenvalue weighted by molar-refractivity contribution is 0.580. The molecule has 1 aromatic heterocycles. The Kier molecular flexibility index (Phi) is 3.77. The van der Waals surface area contributed by atoms with Gasteiger partial charge >= 0.3 is 0 Å². The van der Waals surface area contributed by atoms with E-state index in [0.29, 0.717) is 5.69 Å². The fourth-order valence-electron chi connectivity index (χ4n) is 1.51.